The van der Waals surface area contributed by atoms with Gasteiger partial charge < -0.3 is 15.8 Å². The largest absolute Gasteiger partial charge is 0.480 e. The zero-order chi connectivity index (χ0) is 24.3. The molecule has 1 aliphatic rings. The highest BCUT2D eigenvalue weighted by molar-refractivity contribution is 7.93. The standard InChI is InChI=1S/C13H14F3N3O3S.C6H8N2O/c1-13(2)12(17)19-8(4-23(13,21)22)9-10(15)6(14)3-7(11(9)16)18-5-20;1-5-3-8-6(9-2)4-7-5/h3,5,8H,4H2,1-2H3,(H2,17,19)(H,18,20);3-4H,1-2H3. The molecule has 174 valence electrons. The van der Waals surface area contributed by atoms with E-state index < -0.39 is 55.1 Å². The minimum absolute atomic E-state index is 0.0812. The van der Waals surface area contributed by atoms with E-state index in [4.69, 9.17) is 10.5 Å². The van der Waals surface area contributed by atoms with Gasteiger partial charge in [0, 0.05) is 6.07 Å². The van der Waals surface area contributed by atoms with Gasteiger partial charge in [0.05, 0.1) is 48.2 Å². The summed E-state index contributed by atoms with van der Waals surface area (Å²) in [6.45, 7) is 4.51. The molecule has 1 amide bonds. The molecule has 0 fully saturated rings. The summed E-state index contributed by atoms with van der Waals surface area (Å²) in [5, 5.41) is 1.88. The van der Waals surface area contributed by atoms with Crippen LogP contribution in [0.4, 0.5) is 18.9 Å². The third-order valence-electron chi connectivity index (χ3n) is 4.77. The monoisotopic (exact) mass is 473 g/mol. The first-order valence-electron chi connectivity index (χ1n) is 9.12. The molecule has 0 spiro atoms. The van der Waals surface area contributed by atoms with Crippen molar-refractivity contribution in [2.45, 2.75) is 31.6 Å². The molecule has 32 heavy (non-hydrogen) atoms. The van der Waals surface area contributed by atoms with E-state index in [0.717, 1.165) is 5.69 Å². The van der Waals surface area contributed by atoms with Crippen molar-refractivity contribution in [3.8, 4) is 5.88 Å². The number of sulfone groups is 1. The topological polar surface area (TPSA) is 137 Å². The number of nitrogens with two attached hydrogens (primary N) is 1. The van der Waals surface area contributed by atoms with Crippen LogP contribution < -0.4 is 15.8 Å². The van der Waals surface area contributed by atoms with E-state index in [1.807, 2.05) is 12.2 Å². The predicted molar refractivity (Wildman–Crippen MR) is 112 cm³/mol. The molecule has 9 nitrogen and oxygen atoms in total. The number of amidine groups is 1. The Kier molecular flexibility index (Phi) is 7.44. The maximum Gasteiger partial charge on any atom is 0.231 e. The van der Waals surface area contributed by atoms with Gasteiger partial charge in [-0.2, -0.15) is 0 Å². The molecule has 1 aliphatic heterocycles. The minimum Gasteiger partial charge on any atom is -0.480 e. The van der Waals surface area contributed by atoms with Crippen LogP contribution in [0.5, 0.6) is 5.88 Å². The summed E-state index contributed by atoms with van der Waals surface area (Å²) < 4.78 is 69.7. The molecule has 0 bridgehead atoms. The van der Waals surface area contributed by atoms with Crippen LogP contribution in [0.3, 0.4) is 0 Å². The van der Waals surface area contributed by atoms with Gasteiger partial charge in [0.15, 0.2) is 27.3 Å². The number of nitrogens with zero attached hydrogens (tertiary/aromatic N) is 3. The number of hydrogen-bond acceptors (Lipinski definition) is 8. The normalized spacial score (nSPS) is 18.6. The summed E-state index contributed by atoms with van der Waals surface area (Å²) in [4.78, 5) is 22.1. The molecular weight excluding hydrogens is 451 g/mol. The van der Waals surface area contributed by atoms with E-state index in [2.05, 4.69) is 15.0 Å². The van der Waals surface area contributed by atoms with Crippen molar-refractivity contribution in [2.24, 2.45) is 10.7 Å². The lowest BCUT2D eigenvalue weighted by Gasteiger charge is -2.32. The van der Waals surface area contributed by atoms with Crippen LogP contribution in [-0.4, -0.2) is 48.2 Å². The van der Waals surface area contributed by atoms with Gasteiger partial charge in [-0.05, 0) is 20.8 Å². The van der Waals surface area contributed by atoms with Gasteiger partial charge >= 0.3 is 0 Å². The lowest BCUT2D eigenvalue weighted by Crippen LogP contribution is -2.50. The number of anilines is 1. The van der Waals surface area contributed by atoms with Crippen LogP contribution in [0.2, 0.25) is 0 Å². The molecule has 2 heterocycles. The number of carbonyl (C=O) groups excluding carboxylic acids is 1. The Hall–Kier alpha value is -3.22. The van der Waals surface area contributed by atoms with E-state index in [1.54, 1.807) is 19.5 Å². The van der Waals surface area contributed by atoms with E-state index >= 15 is 0 Å². The summed E-state index contributed by atoms with van der Waals surface area (Å²) in [5.41, 5.74) is 5.00. The third-order valence-corrected chi connectivity index (χ3v) is 7.29. The van der Waals surface area contributed by atoms with E-state index in [9.17, 15) is 26.4 Å². The number of aromatic nitrogens is 2. The molecule has 13 heteroatoms. The van der Waals surface area contributed by atoms with Crippen LogP contribution >= 0.6 is 0 Å². The summed E-state index contributed by atoms with van der Waals surface area (Å²) in [6, 6.07) is -1.09. The van der Waals surface area contributed by atoms with Gasteiger partial charge in [-0.1, -0.05) is 0 Å². The van der Waals surface area contributed by atoms with E-state index in [0.29, 0.717) is 11.9 Å². The van der Waals surface area contributed by atoms with Crippen molar-refractivity contribution >= 4 is 27.8 Å². The lowest BCUT2D eigenvalue weighted by molar-refractivity contribution is -0.105. The molecule has 0 saturated heterocycles. The molecule has 3 rings (SSSR count). The van der Waals surface area contributed by atoms with Crippen LogP contribution in [0.15, 0.2) is 23.5 Å². The summed E-state index contributed by atoms with van der Waals surface area (Å²) in [5.74, 6) is -4.83. The van der Waals surface area contributed by atoms with Crippen molar-refractivity contribution in [1.82, 2.24) is 9.97 Å². The van der Waals surface area contributed by atoms with E-state index in [-0.39, 0.29) is 12.2 Å². The Morgan fingerprint density at radius 2 is 1.88 bits per heavy atom. The van der Waals surface area contributed by atoms with Crippen LogP contribution in [0.1, 0.15) is 31.1 Å². The average molecular weight is 473 g/mol. The summed E-state index contributed by atoms with van der Waals surface area (Å²) in [7, 11) is -2.31. The Balaban J connectivity index is 0.000000336. The number of amides is 1. The number of ether oxygens (including phenoxy) is 1. The zero-order valence-electron chi connectivity index (χ0n) is 17.7. The fourth-order valence-electron chi connectivity index (χ4n) is 2.65. The SMILES string of the molecule is CC1(C)C(N)=NC(c2c(F)c(F)cc(NC=O)c2F)CS1(=O)=O.COc1cnc(C)cn1. The average Bonchev–Trinajstić information content (AvgIpc) is 2.72. The van der Waals surface area contributed by atoms with Gasteiger partial charge in [-0.25, -0.2) is 26.6 Å². The second-order valence-electron chi connectivity index (χ2n) is 7.23. The summed E-state index contributed by atoms with van der Waals surface area (Å²) >= 11 is 0. The van der Waals surface area contributed by atoms with Gasteiger partial charge in [-0.15, -0.1) is 0 Å². The van der Waals surface area contributed by atoms with E-state index in [1.165, 1.54) is 13.8 Å². The molecule has 1 aromatic carbocycles. The Morgan fingerprint density at radius 3 is 2.38 bits per heavy atom. The lowest BCUT2D eigenvalue weighted by atomic mass is 10.0. The number of hydrogen-bond donors (Lipinski definition) is 2. The first-order chi connectivity index (χ1) is 14.9. The van der Waals surface area contributed by atoms with Gasteiger partial charge in [0.2, 0.25) is 12.3 Å². The van der Waals surface area contributed by atoms with Gasteiger partial charge in [-0.3, -0.25) is 14.8 Å². The van der Waals surface area contributed by atoms with Gasteiger partial charge in [0.1, 0.15) is 10.6 Å². The number of carbonyl (C=O) groups is 1. The second-order valence-corrected chi connectivity index (χ2v) is 9.82. The third kappa shape index (κ3) is 4.98. The number of aryl methyl sites for hydroxylation is 1. The molecule has 3 N–H and O–H groups in total. The molecule has 0 saturated carbocycles. The first kappa shape index (κ1) is 25.0. The molecule has 1 aromatic heterocycles. The minimum atomic E-state index is -3.88. The van der Waals surface area contributed by atoms with Crippen molar-refractivity contribution in [3.05, 3.63) is 47.2 Å². The predicted octanol–water partition coefficient (Wildman–Crippen LogP) is 2.07. The molecule has 1 unspecified atom stereocenters. The van der Waals surface area contributed by atoms with Gasteiger partial charge in [0.25, 0.3) is 0 Å². The molecular formula is C19H22F3N5O4S. The smallest absolute Gasteiger partial charge is 0.231 e. The molecule has 1 atom stereocenters. The number of aliphatic imine (C=N–C) groups is 1. The van der Waals surface area contributed by atoms with Crippen molar-refractivity contribution < 1.29 is 31.1 Å². The molecule has 0 aliphatic carbocycles. The number of halogens is 3. The quantitative estimate of drug-likeness (QED) is 0.512. The maximum absolute atomic E-state index is 14.3. The van der Waals surface area contributed by atoms with Crippen LogP contribution in [-0.2, 0) is 14.6 Å². The zero-order valence-corrected chi connectivity index (χ0v) is 18.5. The number of nitrogens with one attached hydrogen (secondary N) is 1. The second kappa shape index (κ2) is 9.51. The van der Waals surface area contributed by atoms with Crippen molar-refractivity contribution in [3.63, 3.8) is 0 Å². The Labute approximate surface area is 182 Å². The molecule has 2 aromatic rings. The number of benzene rings is 1. The summed E-state index contributed by atoms with van der Waals surface area (Å²) in [6.07, 6.45) is 3.34. The number of methoxy groups -OCH3 is 1. The fourth-order valence-corrected chi connectivity index (χ4v) is 4.10. The van der Waals surface area contributed by atoms with Crippen LogP contribution in [0, 0.1) is 24.4 Å². The Morgan fingerprint density at radius 1 is 1.22 bits per heavy atom. The Bertz CT molecular complexity index is 1140. The highest BCUT2D eigenvalue weighted by atomic mass is 32.2. The van der Waals surface area contributed by atoms with Crippen LogP contribution in [0.25, 0.3) is 0 Å². The van der Waals surface area contributed by atoms with Crippen molar-refractivity contribution in [1.29, 1.82) is 0 Å². The maximum atomic E-state index is 14.3. The molecule has 0 radical (unpaired) electrons. The van der Waals surface area contributed by atoms with Crippen molar-refractivity contribution in [2.75, 3.05) is 18.2 Å². The highest BCUT2D eigenvalue weighted by Gasteiger charge is 2.45. The fraction of sp³-hybridized carbons (Fsp3) is 0.368. The first-order valence-corrected chi connectivity index (χ1v) is 10.8. The number of rotatable bonds is 4. The highest BCUT2D eigenvalue weighted by Crippen LogP contribution is 2.36.